The van der Waals surface area contributed by atoms with Crippen molar-refractivity contribution in [1.82, 2.24) is 0 Å². The second-order valence-corrected chi connectivity index (χ2v) is 7.25. The second kappa shape index (κ2) is 11.0. The molecule has 29 heavy (non-hydrogen) atoms. The van der Waals surface area contributed by atoms with Crippen LogP contribution >= 0.6 is 11.6 Å². The number of ether oxygens (including phenoxy) is 3. The molecule has 0 bridgehead atoms. The highest BCUT2D eigenvalue weighted by molar-refractivity contribution is 7.80. The number of carbonyl (C=O) groups is 1. The number of halogens is 1. The van der Waals surface area contributed by atoms with Crippen LogP contribution in [0.3, 0.4) is 0 Å². The monoisotopic (exact) mass is 442 g/mol. The van der Waals surface area contributed by atoms with Gasteiger partial charge in [0.15, 0.2) is 0 Å². The number of hydrogen-bond acceptors (Lipinski definition) is 5. The Labute approximate surface area is 176 Å². The van der Waals surface area contributed by atoms with Crippen molar-refractivity contribution in [2.45, 2.75) is 11.8 Å². The number of amides is 1. The van der Waals surface area contributed by atoms with Crippen molar-refractivity contribution < 1.29 is 27.8 Å². The van der Waals surface area contributed by atoms with E-state index in [4.69, 9.17) is 31.5 Å². The van der Waals surface area contributed by atoms with Gasteiger partial charge in [0, 0.05) is 7.11 Å². The summed E-state index contributed by atoms with van der Waals surface area (Å²) in [6.07, 6.45) is 0.400. The maximum absolute atomic E-state index is 11.6. The van der Waals surface area contributed by atoms with Gasteiger partial charge in [-0.1, -0.05) is 12.1 Å². The lowest BCUT2D eigenvalue weighted by molar-refractivity contribution is 0.0997. The predicted molar refractivity (Wildman–Crippen MR) is 112 cm³/mol. The first-order valence-corrected chi connectivity index (χ1v) is 10.1. The summed E-state index contributed by atoms with van der Waals surface area (Å²) in [7, 11) is 3.01. The van der Waals surface area contributed by atoms with E-state index in [0.29, 0.717) is 35.8 Å². The first-order valence-electron chi connectivity index (χ1n) is 8.59. The average molecular weight is 443 g/mol. The first-order chi connectivity index (χ1) is 13.8. The lowest BCUT2D eigenvalue weighted by Crippen LogP contribution is -2.13. The fraction of sp³-hybridized carbons (Fsp3) is 0.316. The Balaban J connectivity index is 2.23. The van der Waals surface area contributed by atoms with Crippen LogP contribution in [0.4, 0.5) is 5.69 Å². The van der Waals surface area contributed by atoms with Crippen molar-refractivity contribution >= 4 is 34.5 Å². The molecule has 158 valence electrons. The lowest BCUT2D eigenvalue weighted by Gasteiger charge is -2.16. The minimum Gasteiger partial charge on any atom is -0.496 e. The molecule has 2 atom stereocenters. The minimum absolute atomic E-state index is 0.272. The number of rotatable bonds is 11. The molecule has 0 fully saturated rings. The van der Waals surface area contributed by atoms with Gasteiger partial charge in [0.2, 0.25) is 0 Å². The Morgan fingerprint density at radius 3 is 2.55 bits per heavy atom. The van der Waals surface area contributed by atoms with Crippen LogP contribution < -0.4 is 19.9 Å². The average Bonchev–Trinajstić information content (AvgIpc) is 2.68. The highest BCUT2D eigenvalue weighted by Crippen LogP contribution is 2.33. The summed E-state index contributed by atoms with van der Waals surface area (Å²) in [6, 6.07) is 10.2. The molecule has 0 saturated heterocycles. The largest absolute Gasteiger partial charge is 0.496 e. The smallest absolute Gasteiger partial charge is 0.259 e. The van der Waals surface area contributed by atoms with E-state index in [2.05, 4.69) is 4.72 Å². The molecule has 0 aliphatic rings. The molecule has 2 unspecified atom stereocenters. The van der Waals surface area contributed by atoms with E-state index in [1.54, 1.807) is 43.5 Å². The predicted octanol–water partition coefficient (Wildman–Crippen LogP) is 2.89. The summed E-state index contributed by atoms with van der Waals surface area (Å²) in [5, 5.41) is -0.468. The zero-order valence-electron chi connectivity index (χ0n) is 16.0. The fourth-order valence-electron chi connectivity index (χ4n) is 2.68. The zero-order chi connectivity index (χ0) is 21.4. The van der Waals surface area contributed by atoms with Gasteiger partial charge in [-0.3, -0.25) is 14.1 Å². The summed E-state index contributed by atoms with van der Waals surface area (Å²) in [4.78, 5) is 11.6. The van der Waals surface area contributed by atoms with E-state index in [0.717, 1.165) is 5.56 Å². The molecule has 0 aliphatic heterocycles. The number of anilines is 1. The van der Waals surface area contributed by atoms with Gasteiger partial charge < -0.3 is 19.9 Å². The number of hydrogen-bond donors (Lipinski definition) is 3. The minimum atomic E-state index is -2.28. The van der Waals surface area contributed by atoms with Crippen LogP contribution in [0.1, 0.15) is 26.9 Å². The van der Waals surface area contributed by atoms with E-state index in [9.17, 15) is 13.6 Å². The van der Waals surface area contributed by atoms with E-state index in [-0.39, 0.29) is 12.2 Å². The normalized spacial score (nSPS) is 12.8. The van der Waals surface area contributed by atoms with E-state index in [1.165, 1.54) is 7.11 Å². The maximum atomic E-state index is 11.6. The molecular formula is C19H23ClN2O6S. The number of primary amides is 1. The number of carbonyl (C=O) groups excluding carboxylic acids is 1. The molecule has 4 N–H and O–H groups in total. The molecule has 0 saturated carbocycles. The Bertz CT molecular complexity index is 880. The van der Waals surface area contributed by atoms with Crippen molar-refractivity contribution in [3.8, 4) is 11.5 Å². The van der Waals surface area contributed by atoms with Crippen LogP contribution in [0.2, 0.25) is 0 Å². The van der Waals surface area contributed by atoms with Gasteiger partial charge in [0.25, 0.3) is 17.2 Å². The Morgan fingerprint density at radius 1 is 1.21 bits per heavy atom. The zero-order valence-corrected chi connectivity index (χ0v) is 17.6. The van der Waals surface area contributed by atoms with Crippen LogP contribution in [0.25, 0.3) is 0 Å². The molecule has 2 aromatic carbocycles. The number of benzene rings is 2. The molecule has 2 aromatic rings. The summed E-state index contributed by atoms with van der Waals surface area (Å²) in [5.74, 6) is 0.198. The number of nitrogens with one attached hydrogen (secondary N) is 1. The van der Waals surface area contributed by atoms with Crippen molar-refractivity contribution in [2.75, 3.05) is 32.2 Å². The molecule has 0 radical (unpaired) electrons. The van der Waals surface area contributed by atoms with Gasteiger partial charge in [0.05, 0.1) is 30.3 Å². The van der Waals surface area contributed by atoms with Crippen LogP contribution in [0, 0.1) is 0 Å². The molecule has 8 nitrogen and oxygen atoms in total. The SMILES string of the molecule is COCCOc1ccc(C(Cl)Cc2ccc(OC)c(C(N)=O)c2)cc1NS(=O)O. The van der Waals surface area contributed by atoms with Gasteiger partial charge >= 0.3 is 0 Å². The molecule has 2 rings (SSSR count). The molecule has 0 aliphatic carbocycles. The standard InChI is InChI=1S/C19H23ClN2O6S/c1-26-7-8-28-18-6-4-13(11-16(18)22-29(24)25)15(20)10-12-3-5-17(27-2)14(9-12)19(21)23/h3-6,9,11,15,22H,7-8,10H2,1-2H3,(H2,21,23)(H,24,25). The van der Waals surface area contributed by atoms with Gasteiger partial charge in [-0.25, -0.2) is 4.21 Å². The summed E-state index contributed by atoms with van der Waals surface area (Å²) < 4.78 is 38.5. The highest BCUT2D eigenvalue weighted by atomic mass is 35.5. The topological polar surface area (TPSA) is 120 Å². The van der Waals surface area contributed by atoms with Crippen molar-refractivity contribution in [1.29, 1.82) is 0 Å². The molecule has 0 aromatic heterocycles. The fourth-order valence-corrected chi connectivity index (χ4v) is 3.34. The number of nitrogens with two attached hydrogens (primary N) is 1. The number of methoxy groups -OCH3 is 2. The number of alkyl halides is 1. The quantitative estimate of drug-likeness (QED) is 0.279. The Kier molecular flexibility index (Phi) is 8.71. The van der Waals surface area contributed by atoms with Gasteiger partial charge in [-0.2, -0.15) is 0 Å². The highest BCUT2D eigenvalue weighted by Gasteiger charge is 2.16. The van der Waals surface area contributed by atoms with E-state index in [1.807, 2.05) is 0 Å². The third-order valence-electron chi connectivity index (χ3n) is 4.05. The Hall–Kier alpha value is -2.33. The van der Waals surface area contributed by atoms with Crippen molar-refractivity contribution in [3.63, 3.8) is 0 Å². The molecule has 10 heteroatoms. The van der Waals surface area contributed by atoms with E-state index < -0.39 is 22.6 Å². The Morgan fingerprint density at radius 2 is 1.93 bits per heavy atom. The molecule has 1 amide bonds. The third kappa shape index (κ3) is 6.60. The first kappa shape index (κ1) is 23.0. The third-order valence-corrected chi connectivity index (χ3v) is 4.85. The lowest BCUT2D eigenvalue weighted by atomic mass is 10.0. The van der Waals surface area contributed by atoms with Crippen molar-refractivity contribution in [2.24, 2.45) is 5.73 Å². The van der Waals surface area contributed by atoms with Crippen LogP contribution in [0.5, 0.6) is 11.5 Å². The van der Waals surface area contributed by atoms with Crippen LogP contribution in [-0.2, 0) is 22.4 Å². The summed E-state index contributed by atoms with van der Waals surface area (Å²) in [6.45, 7) is 0.663. The van der Waals surface area contributed by atoms with Gasteiger partial charge in [0.1, 0.15) is 18.1 Å². The summed E-state index contributed by atoms with van der Waals surface area (Å²) in [5.41, 5.74) is 7.50. The van der Waals surface area contributed by atoms with Gasteiger partial charge in [-0.05, 0) is 41.8 Å². The summed E-state index contributed by atoms with van der Waals surface area (Å²) >= 11 is 4.28. The maximum Gasteiger partial charge on any atom is 0.259 e. The molecule has 0 spiro atoms. The second-order valence-electron chi connectivity index (χ2n) is 6.02. The van der Waals surface area contributed by atoms with Crippen LogP contribution in [-0.4, -0.2) is 42.1 Å². The van der Waals surface area contributed by atoms with Gasteiger partial charge in [-0.15, -0.1) is 11.6 Å². The molecular weight excluding hydrogens is 420 g/mol. The van der Waals surface area contributed by atoms with Crippen molar-refractivity contribution in [3.05, 3.63) is 53.1 Å². The van der Waals surface area contributed by atoms with Crippen LogP contribution in [0.15, 0.2) is 36.4 Å². The van der Waals surface area contributed by atoms with E-state index >= 15 is 0 Å². The molecule has 0 heterocycles.